The molecule has 1 atom stereocenters. The van der Waals surface area contributed by atoms with E-state index in [9.17, 15) is 9.59 Å². The zero-order valence-electron chi connectivity index (χ0n) is 14.6. The normalized spacial score (nSPS) is 13.0. The molecular weight excluding hydrogens is 276 g/mol. The van der Waals surface area contributed by atoms with E-state index in [1.54, 1.807) is 6.92 Å². The van der Waals surface area contributed by atoms with E-state index in [0.29, 0.717) is 12.3 Å². The van der Waals surface area contributed by atoms with Gasteiger partial charge in [0.15, 0.2) is 0 Å². The minimum absolute atomic E-state index is 0.0724. The van der Waals surface area contributed by atoms with Crippen LogP contribution in [0.4, 0.5) is 0 Å². The number of carbonyl (C=O) groups excluding carboxylic acids is 2. The average Bonchev–Trinajstić information content (AvgIpc) is 2.36. The van der Waals surface area contributed by atoms with Gasteiger partial charge in [-0.15, -0.1) is 0 Å². The summed E-state index contributed by atoms with van der Waals surface area (Å²) in [6, 6.07) is 8.11. The van der Waals surface area contributed by atoms with Crippen LogP contribution in [0.25, 0.3) is 0 Å². The van der Waals surface area contributed by atoms with Crippen LogP contribution in [-0.2, 0) is 20.7 Å². The van der Waals surface area contributed by atoms with Crippen LogP contribution in [0.3, 0.4) is 0 Å². The quantitative estimate of drug-likeness (QED) is 0.736. The molecule has 0 spiro atoms. The van der Waals surface area contributed by atoms with Crippen molar-refractivity contribution in [2.45, 2.75) is 65.9 Å². The van der Waals surface area contributed by atoms with E-state index in [-0.39, 0.29) is 24.1 Å². The van der Waals surface area contributed by atoms with Crippen LogP contribution in [0.1, 0.15) is 65.0 Å². The number of hydrogen-bond donors (Lipinski definition) is 0. The third-order valence-electron chi connectivity index (χ3n) is 3.47. The average molecular weight is 304 g/mol. The lowest BCUT2D eigenvalue weighted by atomic mass is 9.95. The smallest absolute Gasteiger partial charge is 0.307 e. The molecule has 0 aliphatic rings. The first-order valence-corrected chi connectivity index (χ1v) is 7.92. The molecular formula is C19H28O3. The summed E-state index contributed by atoms with van der Waals surface area (Å²) in [6.07, 6.45) is 0.503. The number of carbonyl (C=O) groups is 2. The van der Waals surface area contributed by atoms with Gasteiger partial charge in [0.1, 0.15) is 11.4 Å². The Bertz CT molecular complexity index is 506. The maximum Gasteiger partial charge on any atom is 0.307 e. The summed E-state index contributed by atoms with van der Waals surface area (Å²) in [6.45, 7) is 11.6. The van der Waals surface area contributed by atoms with E-state index >= 15 is 0 Å². The first kappa shape index (κ1) is 18.4. The zero-order chi connectivity index (χ0) is 16.9. The van der Waals surface area contributed by atoms with Crippen molar-refractivity contribution in [3.63, 3.8) is 0 Å². The number of ether oxygens (including phenoxy) is 1. The molecule has 0 saturated carbocycles. The molecule has 0 N–H and O–H groups in total. The second kappa shape index (κ2) is 7.57. The Hall–Kier alpha value is -1.64. The molecule has 0 fully saturated rings. The predicted molar refractivity (Wildman–Crippen MR) is 88.9 cm³/mol. The summed E-state index contributed by atoms with van der Waals surface area (Å²) in [7, 11) is 0. The molecule has 3 nitrogen and oxygen atoms in total. The molecule has 0 saturated heterocycles. The Morgan fingerprint density at radius 1 is 1.05 bits per heavy atom. The summed E-state index contributed by atoms with van der Waals surface area (Å²) in [5.74, 6) is -0.0814. The second-order valence-electron chi connectivity index (χ2n) is 7.23. The number of esters is 1. The Morgan fingerprint density at radius 3 is 2.05 bits per heavy atom. The van der Waals surface area contributed by atoms with Gasteiger partial charge in [-0.2, -0.15) is 0 Å². The summed E-state index contributed by atoms with van der Waals surface area (Å²) >= 11 is 0. The molecule has 1 rings (SSSR count). The van der Waals surface area contributed by atoms with E-state index in [1.165, 1.54) is 5.56 Å². The van der Waals surface area contributed by atoms with E-state index < -0.39 is 5.60 Å². The molecule has 0 aliphatic carbocycles. The first-order chi connectivity index (χ1) is 10.1. The van der Waals surface area contributed by atoms with Crippen LogP contribution in [0.5, 0.6) is 0 Å². The highest BCUT2D eigenvalue weighted by Gasteiger charge is 2.22. The van der Waals surface area contributed by atoms with Crippen LogP contribution in [0.2, 0.25) is 0 Å². The summed E-state index contributed by atoms with van der Waals surface area (Å²) < 4.78 is 5.26. The highest BCUT2D eigenvalue weighted by atomic mass is 16.6. The van der Waals surface area contributed by atoms with Gasteiger partial charge in [-0.05, 0) is 37.8 Å². The second-order valence-corrected chi connectivity index (χ2v) is 7.23. The first-order valence-electron chi connectivity index (χ1n) is 7.92. The van der Waals surface area contributed by atoms with Crippen LogP contribution < -0.4 is 0 Å². The Labute approximate surface area is 134 Å². The molecule has 1 unspecified atom stereocenters. The Kier molecular flexibility index (Phi) is 6.34. The predicted octanol–water partition coefficient (Wildman–Crippen LogP) is 4.29. The van der Waals surface area contributed by atoms with Crippen molar-refractivity contribution in [1.82, 2.24) is 0 Å². The van der Waals surface area contributed by atoms with Crippen molar-refractivity contribution >= 4 is 11.8 Å². The van der Waals surface area contributed by atoms with Crippen molar-refractivity contribution in [3.8, 4) is 0 Å². The van der Waals surface area contributed by atoms with Crippen molar-refractivity contribution < 1.29 is 14.3 Å². The molecule has 3 heteroatoms. The standard InChI is InChI=1S/C19H28O3/c1-13(2)16-9-7-15(8-10-16)12-17(20)14(3)11-18(21)22-19(4,5)6/h7-10,13-14H,11-12H2,1-6H3. The van der Waals surface area contributed by atoms with Gasteiger partial charge in [-0.25, -0.2) is 0 Å². The van der Waals surface area contributed by atoms with Gasteiger partial charge in [0.05, 0.1) is 6.42 Å². The fourth-order valence-electron chi connectivity index (χ4n) is 2.14. The minimum atomic E-state index is -0.507. The zero-order valence-corrected chi connectivity index (χ0v) is 14.6. The van der Waals surface area contributed by atoms with Crippen LogP contribution >= 0.6 is 0 Å². The van der Waals surface area contributed by atoms with E-state index in [0.717, 1.165) is 5.56 Å². The molecule has 1 aromatic carbocycles. The van der Waals surface area contributed by atoms with Crippen LogP contribution in [0.15, 0.2) is 24.3 Å². The number of benzene rings is 1. The number of Topliss-reactive ketones (excluding diaryl/α,β-unsaturated/α-hetero) is 1. The molecule has 0 aromatic heterocycles. The monoisotopic (exact) mass is 304 g/mol. The summed E-state index contributed by atoms with van der Waals surface area (Å²) in [5.41, 5.74) is 1.75. The molecule has 0 bridgehead atoms. The van der Waals surface area contributed by atoms with Gasteiger partial charge in [0.2, 0.25) is 0 Å². The lowest BCUT2D eigenvalue weighted by Gasteiger charge is -2.20. The molecule has 0 radical (unpaired) electrons. The van der Waals surface area contributed by atoms with E-state index in [4.69, 9.17) is 4.74 Å². The largest absolute Gasteiger partial charge is 0.460 e. The number of hydrogen-bond acceptors (Lipinski definition) is 3. The van der Waals surface area contributed by atoms with Gasteiger partial charge in [-0.1, -0.05) is 45.0 Å². The lowest BCUT2D eigenvalue weighted by molar-refractivity contribution is -0.156. The number of rotatable bonds is 6. The van der Waals surface area contributed by atoms with Crippen molar-refractivity contribution in [1.29, 1.82) is 0 Å². The van der Waals surface area contributed by atoms with Crippen LogP contribution in [-0.4, -0.2) is 17.4 Å². The topological polar surface area (TPSA) is 43.4 Å². The fraction of sp³-hybridized carbons (Fsp3) is 0.579. The van der Waals surface area contributed by atoms with Gasteiger partial charge in [-0.3, -0.25) is 9.59 Å². The van der Waals surface area contributed by atoms with Crippen molar-refractivity contribution in [2.24, 2.45) is 5.92 Å². The SMILES string of the molecule is CC(CC(=O)OC(C)(C)C)C(=O)Cc1ccc(C(C)C)cc1. The fourth-order valence-corrected chi connectivity index (χ4v) is 2.14. The molecule has 122 valence electrons. The van der Waals surface area contributed by atoms with Gasteiger partial charge >= 0.3 is 5.97 Å². The van der Waals surface area contributed by atoms with Gasteiger partial charge in [0, 0.05) is 12.3 Å². The molecule has 0 aliphatic heterocycles. The third-order valence-corrected chi connectivity index (χ3v) is 3.47. The summed E-state index contributed by atoms with van der Waals surface area (Å²) in [5, 5.41) is 0. The maximum atomic E-state index is 12.2. The number of ketones is 1. The van der Waals surface area contributed by atoms with E-state index in [1.807, 2.05) is 32.9 Å². The highest BCUT2D eigenvalue weighted by molar-refractivity contribution is 5.86. The van der Waals surface area contributed by atoms with Gasteiger partial charge in [0.25, 0.3) is 0 Å². The third kappa shape index (κ3) is 6.42. The minimum Gasteiger partial charge on any atom is -0.460 e. The Morgan fingerprint density at radius 2 is 1.59 bits per heavy atom. The molecule has 0 amide bonds. The molecule has 0 heterocycles. The van der Waals surface area contributed by atoms with Crippen molar-refractivity contribution in [3.05, 3.63) is 35.4 Å². The maximum absolute atomic E-state index is 12.2. The highest BCUT2D eigenvalue weighted by Crippen LogP contribution is 2.17. The Balaban J connectivity index is 2.55. The van der Waals surface area contributed by atoms with E-state index in [2.05, 4.69) is 26.0 Å². The molecule has 1 aromatic rings. The van der Waals surface area contributed by atoms with Crippen LogP contribution in [0, 0.1) is 5.92 Å². The van der Waals surface area contributed by atoms with Crippen molar-refractivity contribution in [2.75, 3.05) is 0 Å². The lowest BCUT2D eigenvalue weighted by Crippen LogP contribution is -2.26. The molecule has 22 heavy (non-hydrogen) atoms. The summed E-state index contributed by atoms with van der Waals surface area (Å²) in [4.78, 5) is 24.0. The van der Waals surface area contributed by atoms with Gasteiger partial charge < -0.3 is 4.74 Å².